The first-order valence-electron chi connectivity index (χ1n) is 7.83. The summed E-state index contributed by atoms with van der Waals surface area (Å²) in [5.41, 5.74) is 1.35. The SMILES string of the molecule is C[C@@H]1CCCCN1CC(=O)Nc1ccc(C(=O)N(C)C)cc1. The summed E-state index contributed by atoms with van der Waals surface area (Å²) >= 11 is 0. The molecule has 1 saturated heterocycles. The van der Waals surface area contributed by atoms with Crippen molar-refractivity contribution in [2.45, 2.75) is 32.2 Å². The molecule has 1 aliphatic heterocycles. The van der Waals surface area contributed by atoms with Gasteiger partial charge in [-0.2, -0.15) is 0 Å². The molecule has 0 saturated carbocycles. The minimum Gasteiger partial charge on any atom is -0.345 e. The number of piperidine rings is 1. The molecule has 0 radical (unpaired) electrons. The maximum absolute atomic E-state index is 12.1. The summed E-state index contributed by atoms with van der Waals surface area (Å²) in [6.07, 6.45) is 3.58. The van der Waals surface area contributed by atoms with Crippen molar-refractivity contribution in [3.8, 4) is 0 Å². The maximum atomic E-state index is 12.1. The molecule has 1 heterocycles. The van der Waals surface area contributed by atoms with Gasteiger partial charge in [-0.3, -0.25) is 14.5 Å². The molecule has 0 spiro atoms. The number of amides is 2. The van der Waals surface area contributed by atoms with Crippen LogP contribution in [-0.4, -0.2) is 54.8 Å². The second-order valence-corrected chi connectivity index (χ2v) is 6.14. The highest BCUT2D eigenvalue weighted by Gasteiger charge is 2.20. The van der Waals surface area contributed by atoms with Gasteiger partial charge in [-0.15, -0.1) is 0 Å². The van der Waals surface area contributed by atoms with E-state index in [4.69, 9.17) is 0 Å². The molecular weight excluding hydrogens is 278 g/mol. The average Bonchev–Trinajstić information content (AvgIpc) is 2.49. The Balaban J connectivity index is 1.90. The van der Waals surface area contributed by atoms with Crippen LogP contribution in [0.25, 0.3) is 0 Å². The molecule has 1 aromatic rings. The zero-order chi connectivity index (χ0) is 16.1. The first-order valence-corrected chi connectivity index (χ1v) is 7.83. The van der Waals surface area contributed by atoms with Crippen LogP contribution in [0.5, 0.6) is 0 Å². The van der Waals surface area contributed by atoms with Gasteiger partial charge in [0.15, 0.2) is 0 Å². The lowest BCUT2D eigenvalue weighted by Crippen LogP contribution is -2.42. The summed E-state index contributed by atoms with van der Waals surface area (Å²) < 4.78 is 0. The van der Waals surface area contributed by atoms with E-state index in [1.165, 1.54) is 17.7 Å². The highest BCUT2D eigenvalue weighted by atomic mass is 16.2. The third-order valence-electron chi connectivity index (χ3n) is 4.11. The molecule has 0 unspecified atom stereocenters. The van der Waals surface area contributed by atoms with Crippen LogP contribution >= 0.6 is 0 Å². The topological polar surface area (TPSA) is 52.7 Å². The van der Waals surface area contributed by atoms with E-state index < -0.39 is 0 Å². The van der Waals surface area contributed by atoms with Gasteiger partial charge in [-0.05, 0) is 50.6 Å². The van der Waals surface area contributed by atoms with Crippen LogP contribution in [0.1, 0.15) is 36.5 Å². The normalized spacial score (nSPS) is 18.8. The fourth-order valence-electron chi connectivity index (χ4n) is 2.73. The summed E-state index contributed by atoms with van der Waals surface area (Å²) in [4.78, 5) is 27.7. The smallest absolute Gasteiger partial charge is 0.253 e. The Kier molecular flexibility index (Phi) is 5.55. The van der Waals surface area contributed by atoms with Crippen LogP contribution in [0.4, 0.5) is 5.69 Å². The quantitative estimate of drug-likeness (QED) is 0.928. The van der Waals surface area contributed by atoms with Crippen LogP contribution in [0.15, 0.2) is 24.3 Å². The molecule has 1 atom stereocenters. The maximum Gasteiger partial charge on any atom is 0.253 e. The molecule has 2 rings (SSSR count). The molecule has 120 valence electrons. The van der Waals surface area contributed by atoms with E-state index in [0.717, 1.165) is 18.7 Å². The molecule has 22 heavy (non-hydrogen) atoms. The Hall–Kier alpha value is -1.88. The van der Waals surface area contributed by atoms with Gasteiger partial charge in [0, 0.05) is 31.4 Å². The number of anilines is 1. The Morgan fingerprint density at radius 2 is 1.91 bits per heavy atom. The Bertz CT molecular complexity index is 525. The van der Waals surface area contributed by atoms with Gasteiger partial charge in [-0.25, -0.2) is 0 Å². The third kappa shape index (κ3) is 4.31. The average molecular weight is 303 g/mol. The molecule has 0 aromatic heterocycles. The van der Waals surface area contributed by atoms with Gasteiger partial charge in [0.05, 0.1) is 6.54 Å². The van der Waals surface area contributed by atoms with Gasteiger partial charge in [0.1, 0.15) is 0 Å². The fraction of sp³-hybridized carbons (Fsp3) is 0.529. The monoisotopic (exact) mass is 303 g/mol. The van der Waals surface area contributed by atoms with Crippen LogP contribution in [-0.2, 0) is 4.79 Å². The third-order valence-corrected chi connectivity index (χ3v) is 4.11. The van der Waals surface area contributed by atoms with E-state index in [1.807, 2.05) is 0 Å². The van der Waals surface area contributed by atoms with Crippen LogP contribution in [0.2, 0.25) is 0 Å². The highest BCUT2D eigenvalue weighted by Crippen LogP contribution is 2.16. The Morgan fingerprint density at radius 1 is 1.23 bits per heavy atom. The molecule has 1 N–H and O–H groups in total. The number of carbonyl (C=O) groups excluding carboxylic acids is 2. The minimum absolute atomic E-state index is 0.000404. The summed E-state index contributed by atoms with van der Waals surface area (Å²) in [7, 11) is 3.44. The van der Waals surface area contributed by atoms with Crippen molar-refractivity contribution < 1.29 is 9.59 Å². The molecule has 1 aliphatic rings. The van der Waals surface area contributed by atoms with E-state index in [2.05, 4.69) is 17.1 Å². The zero-order valence-corrected chi connectivity index (χ0v) is 13.6. The first kappa shape index (κ1) is 16.5. The zero-order valence-electron chi connectivity index (χ0n) is 13.6. The van der Waals surface area contributed by atoms with E-state index in [0.29, 0.717) is 18.2 Å². The second-order valence-electron chi connectivity index (χ2n) is 6.14. The summed E-state index contributed by atoms with van der Waals surface area (Å²) in [6.45, 7) is 3.60. The van der Waals surface area contributed by atoms with Crippen molar-refractivity contribution in [2.24, 2.45) is 0 Å². The fourth-order valence-corrected chi connectivity index (χ4v) is 2.73. The lowest BCUT2D eigenvalue weighted by Gasteiger charge is -2.32. The largest absolute Gasteiger partial charge is 0.345 e. The number of hydrogen-bond donors (Lipinski definition) is 1. The van der Waals surface area contributed by atoms with Crippen molar-refractivity contribution in [1.29, 1.82) is 0 Å². The number of likely N-dealkylation sites (tertiary alicyclic amines) is 1. The van der Waals surface area contributed by atoms with E-state index in [-0.39, 0.29) is 11.8 Å². The predicted molar refractivity (Wildman–Crippen MR) is 88.0 cm³/mol. The molecule has 5 heteroatoms. The van der Waals surface area contributed by atoms with E-state index >= 15 is 0 Å². The van der Waals surface area contributed by atoms with Crippen LogP contribution in [0.3, 0.4) is 0 Å². The van der Waals surface area contributed by atoms with Crippen molar-refractivity contribution in [3.05, 3.63) is 29.8 Å². The van der Waals surface area contributed by atoms with Gasteiger partial charge < -0.3 is 10.2 Å². The molecule has 0 bridgehead atoms. The van der Waals surface area contributed by atoms with Crippen LogP contribution in [0, 0.1) is 0 Å². The summed E-state index contributed by atoms with van der Waals surface area (Å²) in [5.74, 6) is -0.0412. The van der Waals surface area contributed by atoms with E-state index in [1.54, 1.807) is 38.4 Å². The van der Waals surface area contributed by atoms with Gasteiger partial charge in [-0.1, -0.05) is 6.42 Å². The number of benzene rings is 1. The standard InChI is InChI=1S/C17H25N3O2/c1-13-6-4-5-11-20(13)12-16(21)18-15-9-7-14(8-10-15)17(22)19(2)3/h7-10,13H,4-6,11-12H2,1-3H3,(H,18,21)/t13-/m1/s1. The molecule has 1 fully saturated rings. The minimum atomic E-state index is -0.0416. The summed E-state index contributed by atoms with van der Waals surface area (Å²) in [5, 5.41) is 2.90. The molecule has 0 aliphatic carbocycles. The van der Waals surface area contributed by atoms with Crippen molar-refractivity contribution in [2.75, 3.05) is 32.5 Å². The predicted octanol–water partition coefficient (Wildman–Crippen LogP) is 2.20. The van der Waals surface area contributed by atoms with Crippen molar-refractivity contribution in [1.82, 2.24) is 9.80 Å². The van der Waals surface area contributed by atoms with Crippen LogP contribution < -0.4 is 5.32 Å². The molecule has 5 nitrogen and oxygen atoms in total. The number of rotatable bonds is 4. The summed E-state index contributed by atoms with van der Waals surface area (Å²) in [6, 6.07) is 7.49. The lowest BCUT2D eigenvalue weighted by atomic mass is 10.0. The van der Waals surface area contributed by atoms with E-state index in [9.17, 15) is 9.59 Å². The van der Waals surface area contributed by atoms with Gasteiger partial charge in [0.25, 0.3) is 5.91 Å². The van der Waals surface area contributed by atoms with Crippen molar-refractivity contribution >= 4 is 17.5 Å². The number of nitrogens with one attached hydrogen (secondary N) is 1. The molecule has 2 amide bonds. The lowest BCUT2D eigenvalue weighted by molar-refractivity contribution is -0.118. The van der Waals surface area contributed by atoms with Gasteiger partial charge in [0.2, 0.25) is 5.91 Å². The molecule has 1 aromatic carbocycles. The number of hydrogen-bond acceptors (Lipinski definition) is 3. The Morgan fingerprint density at radius 3 is 2.50 bits per heavy atom. The number of carbonyl (C=O) groups is 2. The second kappa shape index (κ2) is 7.40. The molecular formula is C17H25N3O2. The highest BCUT2D eigenvalue weighted by molar-refractivity contribution is 5.96. The number of nitrogens with zero attached hydrogens (tertiary/aromatic N) is 2. The van der Waals surface area contributed by atoms with Crippen molar-refractivity contribution in [3.63, 3.8) is 0 Å². The van der Waals surface area contributed by atoms with Gasteiger partial charge >= 0.3 is 0 Å². The Labute approximate surface area is 132 Å². The first-order chi connectivity index (χ1) is 10.5.